The van der Waals surface area contributed by atoms with E-state index >= 15 is 0 Å². The van der Waals surface area contributed by atoms with Gasteiger partial charge < -0.3 is 14.6 Å². The second-order valence-electron chi connectivity index (χ2n) is 7.41. The van der Waals surface area contributed by atoms with E-state index in [1.807, 2.05) is 0 Å². The van der Waals surface area contributed by atoms with E-state index in [0.717, 1.165) is 30.1 Å². The number of sulfonamides is 1. The lowest BCUT2D eigenvalue weighted by molar-refractivity contribution is -0.137. The SMILES string of the molecule is C[C@@H]1CCCC[C@@H]1OCCN1CCO[C@H](CN(CC(=O)O)S(C)(=O)=O)C1. The minimum absolute atomic E-state index is 0.0577. The van der Waals surface area contributed by atoms with Gasteiger partial charge in [-0.05, 0) is 18.8 Å². The van der Waals surface area contributed by atoms with Crippen LogP contribution in [0.5, 0.6) is 0 Å². The van der Waals surface area contributed by atoms with Crippen molar-refractivity contribution in [1.82, 2.24) is 9.21 Å². The van der Waals surface area contributed by atoms with E-state index in [1.165, 1.54) is 19.3 Å². The molecule has 1 saturated carbocycles. The summed E-state index contributed by atoms with van der Waals surface area (Å²) in [5.41, 5.74) is 0. The van der Waals surface area contributed by atoms with Crippen LogP contribution in [0, 0.1) is 5.92 Å². The Kier molecular flexibility index (Phi) is 8.28. The van der Waals surface area contributed by atoms with Crippen molar-refractivity contribution < 1.29 is 27.8 Å². The fraction of sp³-hybridized carbons (Fsp3) is 0.941. The number of rotatable bonds is 9. The molecule has 2 fully saturated rings. The molecule has 2 aliphatic rings. The molecular formula is C17H32N2O6S. The first kappa shape index (κ1) is 21.6. The summed E-state index contributed by atoms with van der Waals surface area (Å²) in [5.74, 6) is -0.557. The zero-order valence-corrected chi connectivity index (χ0v) is 16.6. The molecular weight excluding hydrogens is 360 g/mol. The lowest BCUT2D eigenvalue weighted by atomic mass is 9.88. The van der Waals surface area contributed by atoms with Gasteiger partial charge in [0.25, 0.3) is 0 Å². The van der Waals surface area contributed by atoms with Crippen molar-refractivity contribution in [3.8, 4) is 0 Å². The molecule has 1 N–H and O–H groups in total. The Labute approximate surface area is 156 Å². The molecule has 0 bridgehead atoms. The Balaban J connectivity index is 1.77. The van der Waals surface area contributed by atoms with Crippen LogP contribution >= 0.6 is 0 Å². The average molecular weight is 393 g/mol. The van der Waals surface area contributed by atoms with Crippen LogP contribution in [0.1, 0.15) is 32.6 Å². The predicted octanol–water partition coefficient (Wildman–Crippen LogP) is 0.629. The first-order valence-corrected chi connectivity index (χ1v) is 11.2. The molecule has 1 aliphatic heterocycles. The summed E-state index contributed by atoms with van der Waals surface area (Å²) >= 11 is 0. The number of ether oxygens (including phenoxy) is 2. The zero-order valence-electron chi connectivity index (χ0n) is 15.8. The average Bonchev–Trinajstić information content (AvgIpc) is 2.55. The number of carbonyl (C=O) groups is 1. The van der Waals surface area contributed by atoms with Crippen LogP contribution in [0.4, 0.5) is 0 Å². The zero-order chi connectivity index (χ0) is 19.2. The van der Waals surface area contributed by atoms with E-state index < -0.39 is 22.5 Å². The highest BCUT2D eigenvalue weighted by Crippen LogP contribution is 2.26. The minimum Gasteiger partial charge on any atom is -0.480 e. The maximum absolute atomic E-state index is 11.8. The summed E-state index contributed by atoms with van der Waals surface area (Å²) in [6, 6.07) is 0. The Morgan fingerprint density at radius 2 is 2.08 bits per heavy atom. The molecule has 1 heterocycles. The van der Waals surface area contributed by atoms with Crippen molar-refractivity contribution in [2.75, 3.05) is 52.2 Å². The lowest BCUT2D eigenvalue weighted by Gasteiger charge is -2.35. The van der Waals surface area contributed by atoms with Gasteiger partial charge in [-0.15, -0.1) is 0 Å². The monoisotopic (exact) mass is 392 g/mol. The molecule has 0 radical (unpaired) electrons. The van der Waals surface area contributed by atoms with E-state index in [4.69, 9.17) is 14.6 Å². The first-order valence-electron chi connectivity index (χ1n) is 9.38. The molecule has 2 rings (SSSR count). The van der Waals surface area contributed by atoms with Crippen LogP contribution in [0.3, 0.4) is 0 Å². The van der Waals surface area contributed by atoms with Crippen LogP contribution in [-0.4, -0.2) is 93.1 Å². The number of aliphatic carboxylic acids is 1. The normalized spacial score (nSPS) is 28.3. The number of nitrogens with zero attached hydrogens (tertiary/aromatic N) is 2. The fourth-order valence-corrected chi connectivity index (χ4v) is 4.43. The second kappa shape index (κ2) is 9.98. The lowest BCUT2D eigenvalue weighted by Crippen LogP contribution is -2.50. The first-order chi connectivity index (χ1) is 12.3. The van der Waals surface area contributed by atoms with Crippen LogP contribution in [0.15, 0.2) is 0 Å². The van der Waals surface area contributed by atoms with E-state index in [9.17, 15) is 13.2 Å². The molecule has 1 aliphatic carbocycles. The van der Waals surface area contributed by atoms with Crippen molar-refractivity contribution in [1.29, 1.82) is 0 Å². The third-order valence-electron chi connectivity index (χ3n) is 5.18. The van der Waals surface area contributed by atoms with Crippen LogP contribution in [0.2, 0.25) is 0 Å². The third-order valence-corrected chi connectivity index (χ3v) is 6.40. The summed E-state index contributed by atoms with van der Waals surface area (Å²) in [5, 5.41) is 8.92. The molecule has 3 atom stereocenters. The van der Waals surface area contributed by atoms with Gasteiger partial charge in [-0.1, -0.05) is 19.8 Å². The molecule has 152 valence electrons. The standard InChI is InChI=1S/C17H32N2O6S/c1-14-5-3-4-6-16(14)25-10-8-18-7-9-24-15(11-18)12-19(13-17(20)21)26(2,22)23/h14-16H,3-13H2,1-2H3,(H,20,21)/t14-,15+,16+/m1/s1. The molecule has 0 spiro atoms. The van der Waals surface area contributed by atoms with Crippen LogP contribution in [-0.2, 0) is 24.3 Å². The van der Waals surface area contributed by atoms with E-state index in [-0.39, 0.29) is 12.6 Å². The van der Waals surface area contributed by atoms with Gasteiger partial charge in [-0.2, -0.15) is 4.31 Å². The Morgan fingerprint density at radius 3 is 2.73 bits per heavy atom. The summed E-state index contributed by atoms with van der Waals surface area (Å²) < 4.78 is 36.2. The topological polar surface area (TPSA) is 96.4 Å². The Bertz CT molecular complexity index is 555. The van der Waals surface area contributed by atoms with Crippen molar-refractivity contribution in [3.05, 3.63) is 0 Å². The number of hydrogen-bond donors (Lipinski definition) is 1. The Morgan fingerprint density at radius 1 is 1.35 bits per heavy atom. The highest BCUT2D eigenvalue weighted by atomic mass is 32.2. The fourth-order valence-electron chi connectivity index (χ4n) is 3.65. The van der Waals surface area contributed by atoms with Crippen molar-refractivity contribution >= 4 is 16.0 Å². The van der Waals surface area contributed by atoms with Gasteiger partial charge in [0.1, 0.15) is 6.54 Å². The van der Waals surface area contributed by atoms with Crippen LogP contribution in [0.25, 0.3) is 0 Å². The molecule has 0 aromatic carbocycles. The van der Waals surface area contributed by atoms with Gasteiger partial charge in [0.05, 0.1) is 31.7 Å². The smallest absolute Gasteiger partial charge is 0.318 e. The van der Waals surface area contributed by atoms with Gasteiger partial charge in [-0.3, -0.25) is 9.69 Å². The van der Waals surface area contributed by atoms with E-state index in [1.54, 1.807) is 0 Å². The summed E-state index contributed by atoms with van der Waals surface area (Å²) in [6.45, 7) is 5.07. The predicted molar refractivity (Wildman–Crippen MR) is 97.6 cm³/mol. The molecule has 1 saturated heterocycles. The van der Waals surface area contributed by atoms with Crippen molar-refractivity contribution in [2.24, 2.45) is 5.92 Å². The van der Waals surface area contributed by atoms with Gasteiger partial charge in [0.15, 0.2) is 0 Å². The van der Waals surface area contributed by atoms with Gasteiger partial charge in [-0.25, -0.2) is 8.42 Å². The quantitative estimate of drug-likeness (QED) is 0.615. The molecule has 26 heavy (non-hydrogen) atoms. The van der Waals surface area contributed by atoms with Gasteiger partial charge in [0, 0.05) is 26.2 Å². The minimum atomic E-state index is -3.59. The molecule has 0 amide bonds. The van der Waals surface area contributed by atoms with Gasteiger partial charge >= 0.3 is 5.97 Å². The van der Waals surface area contributed by atoms with E-state index in [2.05, 4.69) is 11.8 Å². The highest BCUT2D eigenvalue weighted by molar-refractivity contribution is 7.88. The summed E-state index contributed by atoms with van der Waals surface area (Å²) in [6.07, 6.45) is 5.93. The second-order valence-corrected chi connectivity index (χ2v) is 9.40. The molecule has 0 aromatic rings. The third kappa shape index (κ3) is 7.11. The van der Waals surface area contributed by atoms with E-state index in [0.29, 0.717) is 31.8 Å². The molecule has 8 nitrogen and oxygen atoms in total. The van der Waals surface area contributed by atoms with Crippen molar-refractivity contribution in [3.63, 3.8) is 0 Å². The van der Waals surface area contributed by atoms with Crippen LogP contribution < -0.4 is 0 Å². The number of carboxylic acid groups (broad SMARTS) is 1. The maximum Gasteiger partial charge on any atom is 0.318 e. The number of morpholine rings is 1. The largest absolute Gasteiger partial charge is 0.480 e. The molecule has 0 aromatic heterocycles. The Hall–Kier alpha value is -0.740. The number of hydrogen-bond acceptors (Lipinski definition) is 6. The molecule has 0 unspecified atom stereocenters. The highest BCUT2D eigenvalue weighted by Gasteiger charge is 2.28. The maximum atomic E-state index is 11.8. The number of carboxylic acids is 1. The summed E-state index contributed by atoms with van der Waals surface area (Å²) in [4.78, 5) is 13.1. The summed E-state index contributed by atoms with van der Waals surface area (Å²) in [7, 11) is -3.59. The molecule has 9 heteroatoms. The van der Waals surface area contributed by atoms with Gasteiger partial charge in [0.2, 0.25) is 10.0 Å². The van der Waals surface area contributed by atoms with Crippen molar-refractivity contribution in [2.45, 2.75) is 44.8 Å².